The van der Waals surface area contributed by atoms with E-state index in [-0.39, 0.29) is 11.9 Å². The number of carbonyl (C=O) groups is 1. The van der Waals surface area contributed by atoms with E-state index in [1.54, 1.807) is 0 Å². The van der Waals surface area contributed by atoms with E-state index in [9.17, 15) is 4.79 Å². The summed E-state index contributed by atoms with van der Waals surface area (Å²) in [5.41, 5.74) is 0. The Hall–Kier alpha value is -0.530. The number of methoxy groups -OCH3 is 1. The van der Waals surface area contributed by atoms with Crippen LogP contribution in [0.15, 0.2) is 0 Å². The first-order valence-electron chi connectivity index (χ1n) is 4.19. The van der Waals surface area contributed by atoms with Crippen LogP contribution in [0.25, 0.3) is 0 Å². The Labute approximate surface area is 68.9 Å². The summed E-state index contributed by atoms with van der Waals surface area (Å²) >= 11 is 0. The predicted octanol–water partition coefficient (Wildman–Crippen LogP) is 2.23. The number of hydrogen-bond donors (Lipinski definition) is 0. The Bertz CT molecular complexity index is 121. The lowest BCUT2D eigenvalue weighted by atomic mass is 9.96. The summed E-state index contributed by atoms with van der Waals surface area (Å²) in [5.74, 6) is 0.573. The summed E-state index contributed by atoms with van der Waals surface area (Å²) in [6.07, 6.45) is 2.06. The SMILES string of the molecule is CCC(C)CC(C)C(=O)OC. The van der Waals surface area contributed by atoms with Crippen molar-refractivity contribution in [3.63, 3.8) is 0 Å². The van der Waals surface area contributed by atoms with Gasteiger partial charge in [-0.2, -0.15) is 0 Å². The second-order valence-corrected chi connectivity index (χ2v) is 3.17. The van der Waals surface area contributed by atoms with Gasteiger partial charge in [0.1, 0.15) is 0 Å². The van der Waals surface area contributed by atoms with Crippen molar-refractivity contribution in [2.24, 2.45) is 11.8 Å². The molecule has 11 heavy (non-hydrogen) atoms. The van der Waals surface area contributed by atoms with Crippen molar-refractivity contribution >= 4 is 5.97 Å². The van der Waals surface area contributed by atoms with Crippen molar-refractivity contribution in [3.05, 3.63) is 0 Å². The lowest BCUT2D eigenvalue weighted by molar-refractivity contribution is -0.145. The van der Waals surface area contributed by atoms with Gasteiger partial charge in [0.25, 0.3) is 0 Å². The maximum Gasteiger partial charge on any atom is 0.308 e. The molecule has 2 nitrogen and oxygen atoms in total. The lowest BCUT2D eigenvalue weighted by Crippen LogP contribution is -2.15. The second kappa shape index (κ2) is 5.16. The highest BCUT2D eigenvalue weighted by molar-refractivity contribution is 5.71. The first-order chi connectivity index (χ1) is 5.11. The summed E-state index contributed by atoms with van der Waals surface area (Å²) in [6.45, 7) is 6.20. The van der Waals surface area contributed by atoms with Crippen molar-refractivity contribution in [3.8, 4) is 0 Å². The average Bonchev–Trinajstić information content (AvgIpc) is 2.02. The normalized spacial score (nSPS) is 15.6. The Morgan fingerprint density at radius 2 is 2.00 bits per heavy atom. The van der Waals surface area contributed by atoms with E-state index in [0.29, 0.717) is 5.92 Å². The molecule has 2 heteroatoms. The molecule has 2 atom stereocenters. The van der Waals surface area contributed by atoms with Crippen LogP contribution in [0.1, 0.15) is 33.6 Å². The van der Waals surface area contributed by atoms with Crippen LogP contribution < -0.4 is 0 Å². The average molecular weight is 158 g/mol. The van der Waals surface area contributed by atoms with Crippen LogP contribution in [0.4, 0.5) is 0 Å². The monoisotopic (exact) mass is 158 g/mol. The Balaban J connectivity index is 3.67. The van der Waals surface area contributed by atoms with Crippen molar-refractivity contribution in [2.75, 3.05) is 7.11 Å². The van der Waals surface area contributed by atoms with Gasteiger partial charge in [-0.1, -0.05) is 27.2 Å². The zero-order valence-corrected chi connectivity index (χ0v) is 7.89. The fraction of sp³-hybridized carbons (Fsp3) is 0.889. The van der Waals surface area contributed by atoms with Crippen molar-refractivity contribution in [1.29, 1.82) is 0 Å². The van der Waals surface area contributed by atoms with Crippen LogP contribution in [0.5, 0.6) is 0 Å². The first kappa shape index (κ1) is 10.5. The molecule has 2 unspecified atom stereocenters. The van der Waals surface area contributed by atoms with Gasteiger partial charge in [-0.05, 0) is 12.3 Å². The predicted molar refractivity (Wildman–Crippen MR) is 45.3 cm³/mol. The van der Waals surface area contributed by atoms with E-state index in [1.165, 1.54) is 7.11 Å². The van der Waals surface area contributed by atoms with Gasteiger partial charge in [0.05, 0.1) is 13.0 Å². The highest BCUT2D eigenvalue weighted by Crippen LogP contribution is 2.15. The van der Waals surface area contributed by atoms with Crippen LogP contribution >= 0.6 is 0 Å². The maximum atomic E-state index is 10.9. The van der Waals surface area contributed by atoms with Gasteiger partial charge in [0, 0.05) is 0 Å². The zero-order chi connectivity index (χ0) is 8.85. The summed E-state index contributed by atoms with van der Waals surface area (Å²) in [4.78, 5) is 10.9. The van der Waals surface area contributed by atoms with Gasteiger partial charge in [0.15, 0.2) is 0 Å². The van der Waals surface area contributed by atoms with Gasteiger partial charge in [0.2, 0.25) is 0 Å². The third-order valence-corrected chi connectivity index (χ3v) is 2.06. The van der Waals surface area contributed by atoms with Gasteiger partial charge >= 0.3 is 5.97 Å². The standard InChI is InChI=1S/C9H18O2/c1-5-7(2)6-8(3)9(10)11-4/h7-8H,5-6H2,1-4H3. The van der Waals surface area contributed by atoms with Crippen molar-refractivity contribution in [1.82, 2.24) is 0 Å². The van der Waals surface area contributed by atoms with Gasteiger partial charge in [-0.15, -0.1) is 0 Å². The molecule has 0 aliphatic heterocycles. The van der Waals surface area contributed by atoms with Crippen molar-refractivity contribution in [2.45, 2.75) is 33.6 Å². The molecule has 66 valence electrons. The quantitative estimate of drug-likeness (QED) is 0.586. The number of ether oxygens (including phenoxy) is 1. The molecule has 0 saturated carbocycles. The molecule has 0 aromatic heterocycles. The molecular formula is C9H18O2. The van der Waals surface area contributed by atoms with Crippen LogP contribution in [0.3, 0.4) is 0 Å². The summed E-state index contributed by atoms with van der Waals surface area (Å²) < 4.78 is 4.62. The fourth-order valence-corrected chi connectivity index (χ4v) is 1.07. The van der Waals surface area contributed by atoms with Gasteiger partial charge < -0.3 is 4.74 Å². The van der Waals surface area contributed by atoms with Crippen LogP contribution in [0, 0.1) is 11.8 Å². The topological polar surface area (TPSA) is 26.3 Å². The van der Waals surface area contributed by atoms with Crippen LogP contribution in [0.2, 0.25) is 0 Å². The molecule has 0 aliphatic rings. The van der Waals surface area contributed by atoms with E-state index in [1.807, 2.05) is 6.92 Å². The molecule has 0 saturated heterocycles. The Morgan fingerprint density at radius 1 is 1.45 bits per heavy atom. The Morgan fingerprint density at radius 3 is 2.36 bits per heavy atom. The summed E-state index contributed by atoms with van der Waals surface area (Å²) in [6, 6.07) is 0. The van der Waals surface area contributed by atoms with Crippen LogP contribution in [-0.4, -0.2) is 13.1 Å². The molecule has 0 aromatic carbocycles. The second-order valence-electron chi connectivity index (χ2n) is 3.17. The summed E-state index contributed by atoms with van der Waals surface area (Å²) in [7, 11) is 1.44. The molecule has 0 radical (unpaired) electrons. The molecule has 0 amide bonds. The number of esters is 1. The maximum absolute atomic E-state index is 10.9. The minimum Gasteiger partial charge on any atom is -0.469 e. The highest BCUT2D eigenvalue weighted by Gasteiger charge is 2.15. The smallest absolute Gasteiger partial charge is 0.308 e. The molecule has 0 N–H and O–H groups in total. The molecule has 0 fully saturated rings. The van der Waals surface area contributed by atoms with E-state index < -0.39 is 0 Å². The van der Waals surface area contributed by atoms with Crippen molar-refractivity contribution < 1.29 is 9.53 Å². The number of hydrogen-bond acceptors (Lipinski definition) is 2. The molecule has 0 bridgehead atoms. The minimum absolute atomic E-state index is 0.0509. The molecular weight excluding hydrogens is 140 g/mol. The number of carbonyl (C=O) groups excluding carboxylic acids is 1. The third-order valence-electron chi connectivity index (χ3n) is 2.06. The third kappa shape index (κ3) is 4.02. The van der Waals surface area contributed by atoms with E-state index in [4.69, 9.17) is 0 Å². The Kier molecular flexibility index (Phi) is 4.92. The largest absolute Gasteiger partial charge is 0.469 e. The molecule has 0 aromatic rings. The molecule has 0 rings (SSSR count). The molecule has 0 spiro atoms. The van der Waals surface area contributed by atoms with E-state index in [2.05, 4.69) is 18.6 Å². The first-order valence-corrected chi connectivity index (χ1v) is 4.19. The van der Waals surface area contributed by atoms with Gasteiger partial charge in [-0.25, -0.2) is 0 Å². The minimum atomic E-state index is -0.0923. The number of rotatable bonds is 4. The lowest BCUT2D eigenvalue weighted by Gasteiger charge is -2.12. The molecule has 0 heterocycles. The summed E-state index contributed by atoms with van der Waals surface area (Å²) in [5, 5.41) is 0. The van der Waals surface area contributed by atoms with E-state index >= 15 is 0 Å². The highest BCUT2D eigenvalue weighted by atomic mass is 16.5. The fourth-order valence-electron chi connectivity index (χ4n) is 1.07. The molecule has 0 aliphatic carbocycles. The van der Waals surface area contributed by atoms with E-state index in [0.717, 1.165) is 12.8 Å². The van der Waals surface area contributed by atoms with Crippen LogP contribution in [-0.2, 0) is 9.53 Å². The zero-order valence-electron chi connectivity index (χ0n) is 7.89. The van der Waals surface area contributed by atoms with Gasteiger partial charge in [-0.3, -0.25) is 4.79 Å².